The van der Waals surface area contributed by atoms with Gasteiger partial charge in [0.25, 0.3) is 0 Å². The van der Waals surface area contributed by atoms with E-state index in [9.17, 15) is 4.79 Å². The molecule has 6 nitrogen and oxygen atoms in total. The van der Waals surface area contributed by atoms with Crippen molar-refractivity contribution in [3.8, 4) is 17.1 Å². The second kappa shape index (κ2) is 5.51. The van der Waals surface area contributed by atoms with E-state index in [1.54, 1.807) is 7.11 Å². The summed E-state index contributed by atoms with van der Waals surface area (Å²) in [5, 5.41) is 3.84. The molecule has 0 spiro atoms. The minimum atomic E-state index is -0.425. The zero-order valence-corrected chi connectivity index (χ0v) is 11.0. The summed E-state index contributed by atoms with van der Waals surface area (Å²) in [6, 6.07) is 5.65. The summed E-state index contributed by atoms with van der Waals surface area (Å²) >= 11 is 0. The molecule has 2 aromatic rings. The van der Waals surface area contributed by atoms with E-state index in [1.807, 2.05) is 25.1 Å². The second-order valence-electron chi connectivity index (χ2n) is 3.97. The van der Waals surface area contributed by atoms with Crippen LogP contribution >= 0.6 is 0 Å². The molecule has 0 aliphatic heterocycles. The van der Waals surface area contributed by atoms with Gasteiger partial charge in [-0.05, 0) is 24.6 Å². The van der Waals surface area contributed by atoms with Crippen molar-refractivity contribution in [3.05, 3.63) is 29.7 Å². The Balaban J connectivity index is 2.30. The lowest BCUT2D eigenvalue weighted by Gasteiger charge is -2.05. The second-order valence-corrected chi connectivity index (χ2v) is 3.97. The summed E-state index contributed by atoms with van der Waals surface area (Å²) in [6.07, 6.45) is -0.0440. The average molecular weight is 262 g/mol. The van der Waals surface area contributed by atoms with Crippen molar-refractivity contribution in [3.63, 3.8) is 0 Å². The molecule has 0 saturated heterocycles. The number of benzene rings is 1. The van der Waals surface area contributed by atoms with E-state index in [2.05, 4.69) is 14.9 Å². The van der Waals surface area contributed by atoms with Crippen LogP contribution in [0.1, 0.15) is 11.5 Å². The minimum Gasteiger partial charge on any atom is -0.496 e. The van der Waals surface area contributed by atoms with Gasteiger partial charge in [-0.15, -0.1) is 0 Å². The molecule has 0 unspecified atom stereocenters. The number of carbonyl (C=O) groups is 1. The average Bonchev–Trinajstić information content (AvgIpc) is 2.86. The summed E-state index contributed by atoms with van der Waals surface area (Å²) < 4.78 is 14.8. The van der Waals surface area contributed by atoms with Gasteiger partial charge in [-0.2, -0.15) is 4.98 Å². The van der Waals surface area contributed by atoms with E-state index in [-0.39, 0.29) is 12.3 Å². The van der Waals surface area contributed by atoms with Gasteiger partial charge in [0.1, 0.15) is 12.2 Å². The van der Waals surface area contributed by atoms with Gasteiger partial charge < -0.3 is 14.0 Å². The Labute approximate surface area is 110 Å². The Morgan fingerprint density at radius 2 is 2.16 bits per heavy atom. The number of methoxy groups -OCH3 is 2. The van der Waals surface area contributed by atoms with Crippen LogP contribution in [0.25, 0.3) is 11.4 Å². The Morgan fingerprint density at radius 3 is 2.84 bits per heavy atom. The van der Waals surface area contributed by atoms with Crippen molar-refractivity contribution in [1.82, 2.24) is 10.1 Å². The molecule has 100 valence electrons. The van der Waals surface area contributed by atoms with Crippen LogP contribution in [0.15, 0.2) is 22.7 Å². The van der Waals surface area contributed by atoms with Gasteiger partial charge in [0, 0.05) is 0 Å². The summed E-state index contributed by atoms with van der Waals surface area (Å²) in [4.78, 5) is 15.3. The summed E-state index contributed by atoms with van der Waals surface area (Å²) in [6.45, 7) is 1.96. The monoisotopic (exact) mass is 262 g/mol. The zero-order chi connectivity index (χ0) is 13.8. The normalized spacial score (nSPS) is 10.3. The molecule has 0 saturated carbocycles. The standard InChI is InChI=1S/C13H14N2O4/c1-8-4-5-9(10(6-8)17-2)13-14-11(19-15-13)7-12(16)18-3/h4-6H,7H2,1-3H3. The van der Waals surface area contributed by atoms with Crippen LogP contribution in [0.2, 0.25) is 0 Å². The number of aromatic nitrogens is 2. The number of ether oxygens (including phenoxy) is 2. The molecule has 19 heavy (non-hydrogen) atoms. The Kier molecular flexibility index (Phi) is 3.79. The van der Waals surface area contributed by atoms with E-state index >= 15 is 0 Å². The summed E-state index contributed by atoms with van der Waals surface area (Å²) in [5.74, 6) is 0.830. The molecular formula is C13H14N2O4. The molecule has 0 radical (unpaired) electrons. The van der Waals surface area contributed by atoms with Crippen LogP contribution in [0, 0.1) is 6.92 Å². The molecule has 1 aromatic carbocycles. The molecule has 6 heteroatoms. The smallest absolute Gasteiger partial charge is 0.315 e. The first-order chi connectivity index (χ1) is 9.13. The van der Waals surface area contributed by atoms with Crippen LogP contribution in [-0.2, 0) is 16.0 Å². The number of carbonyl (C=O) groups excluding carboxylic acids is 1. The highest BCUT2D eigenvalue weighted by Crippen LogP contribution is 2.28. The van der Waals surface area contributed by atoms with Crippen LogP contribution < -0.4 is 4.74 Å². The summed E-state index contributed by atoms with van der Waals surface area (Å²) in [5.41, 5.74) is 1.78. The van der Waals surface area contributed by atoms with E-state index in [4.69, 9.17) is 9.26 Å². The Bertz CT molecular complexity index is 592. The molecular weight excluding hydrogens is 248 g/mol. The summed E-state index contributed by atoms with van der Waals surface area (Å²) in [7, 11) is 2.89. The van der Waals surface area contributed by atoms with Crippen LogP contribution in [0.5, 0.6) is 5.75 Å². The molecule has 1 aromatic heterocycles. The first kappa shape index (κ1) is 13.1. The number of rotatable bonds is 4. The first-order valence-electron chi connectivity index (χ1n) is 5.68. The fourth-order valence-corrected chi connectivity index (χ4v) is 1.61. The highest BCUT2D eigenvalue weighted by atomic mass is 16.5. The number of nitrogens with zero attached hydrogens (tertiary/aromatic N) is 2. The van der Waals surface area contributed by atoms with E-state index in [0.717, 1.165) is 5.56 Å². The van der Waals surface area contributed by atoms with Gasteiger partial charge >= 0.3 is 5.97 Å². The highest BCUT2D eigenvalue weighted by Gasteiger charge is 2.15. The lowest BCUT2D eigenvalue weighted by molar-refractivity contribution is -0.140. The largest absolute Gasteiger partial charge is 0.496 e. The number of hydrogen-bond acceptors (Lipinski definition) is 6. The van der Waals surface area contributed by atoms with E-state index in [0.29, 0.717) is 17.1 Å². The first-order valence-corrected chi connectivity index (χ1v) is 5.68. The maximum atomic E-state index is 11.1. The lowest BCUT2D eigenvalue weighted by atomic mass is 10.1. The van der Waals surface area contributed by atoms with Crippen molar-refractivity contribution < 1.29 is 18.8 Å². The molecule has 0 amide bonds. The van der Waals surface area contributed by atoms with E-state index < -0.39 is 5.97 Å². The third-order valence-electron chi connectivity index (χ3n) is 2.59. The SMILES string of the molecule is COC(=O)Cc1nc(-c2ccc(C)cc2OC)no1. The number of aryl methyl sites for hydroxylation is 1. The van der Waals surface area contributed by atoms with Gasteiger partial charge in [0.05, 0.1) is 19.8 Å². The third-order valence-corrected chi connectivity index (χ3v) is 2.59. The molecule has 0 atom stereocenters. The van der Waals surface area contributed by atoms with Crippen molar-refractivity contribution in [2.24, 2.45) is 0 Å². The van der Waals surface area contributed by atoms with E-state index in [1.165, 1.54) is 7.11 Å². The topological polar surface area (TPSA) is 74.5 Å². The van der Waals surface area contributed by atoms with Gasteiger partial charge in [0.15, 0.2) is 0 Å². The molecule has 0 aliphatic rings. The fourth-order valence-electron chi connectivity index (χ4n) is 1.61. The predicted molar refractivity (Wildman–Crippen MR) is 66.7 cm³/mol. The highest BCUT2D eigenvalue weighted by molar-refractivity contribution is 5.71. The molecule has 0 aliphatic carbocycles. The molecule has 0 N–H and O–H groups in total. The van der Waals surface area contributed by atoms with Crippen molar-refractivity contribution in [2.45, 2.75) is 13.3 Å². The van der Waals surface area contributed by atoms with Crippen LogP contribution in [-0.4, -0.2) is 30.3 Å². The van der Waals surface area contributed by atoms with Gasteiger partial charge in [-0.25, -0.2) is 0 Å². The van der Waals surface area contributed by atoms with Crippen molar-refractivity contribution in [1.29, 1.82) is 0 Å². The number of esters is 1. The molecule has 2 rings (SSSR count). The van der Waals surface area contributed by atoms with Crippen LogP contribution in [0.4, 0.5) is 0 Å². The van der Waals surface area contributed by atoms with Crippen molar-refractivity contribution in [2.75, 3.05) is 14.2 Å². The van der Waals surface area contributed by atoms with Gasteiger partial charge in [-0.1, -0.05) is 11.2 Å². The van der Waals surface area contributed by atoms with Crippen LogP contribution in [0.3, 0.4) is 0 Å². The molecule has 0 bridgehead atoms. The van der Waals surface area contributed by atoms with Gasteiger partial charge in [0.2, 0.25) is 11.7 Å². The lowest BCUT2D eigenvalue weighted by Crippen LogP contribution is -2.04. The van der Waals surface area contributed by atoms with Crippen molar-refractivity contribution >= 4 is 5.97 Å². The van der Waals surface area contributed by atoms with Gasteiger partial charge in [-0.3, -0.25) is 4.79 Å². The Morgan fingerprint density at radius 1 is 1.37 bits per heavy atom. The number of hydrogen-bond donors (Lipinski definition) is 0. The maximum absolute atomic E-state index is 11.1. The quantitative estimate of drug-likeness (QED) is 0.782. The minimum absolute atomic E-state index is 0.0440. The third kappa shape index (κ3) is 2.90. The molecule has 1 heterocycles. The predicted octanol–water partition coefficient (Wildman–Crippen LogP) is 1.77. The maximum Gasteiger partial charge on any atom is 0.315 e. The Hall–Kier alpha value is -2.37. The zero-order valence-electron chi connectivity index (χ0n) is 11.0. The fraction of sp³-hybridized carbons (Fsp3) is 0.308. The molecule has 0 fully saturated rings.